The minimum atomic E-state index is -3.38. The number of rotatable bonds is 9. The number of anilines is 3. The number of hydrogen-bond acceptors (Lipinski definition) is 8. The zero-order valence-corrected chi connectivity index (χ0v) is 20.7. The standard InChI is InChI=1S/C24H31N5O5S/c1-3-4-11-34-24(31)28-19-10-6-9-18(19)27-20-12-15-14-25-23(30)21(15)22(29-20)26-16-7-5-8-17(13-16)35(2,32)33/h5,7-8,12-13,18-19H,3-4,6,9-11,14H2,1-2H3,(H,25,30)(H,28,31)(H2,26,27,29)/t18-,19+/m1/s1. The van der Waals surface area contributed by atoms with E-state index in [2.05, 4.69) is 26.3 Å². The number of aromatic nitrogens is 1. The van der Waals surface area contributed by atoms with Crippen molar-refractivity contribution in [2.75, 3.05) is 23.5 Å². The highest BCUT2D eigenvalue weighted by Gasteiger charge is 2.31. The Labute approximate surface area is 205 Å². The number of pyridine rings is 1. The molecule has 188 valence electrons. The molecule has 0 unspecified atom stereocenters. The zero-order chi connectivity index (χ0) is 25.0. The summed E-state index contributed by atoms with van der Waals surface area (Å²) in [7, 11) is -3.38. The molecular formula is C24H31N5O5S. The number of alkyl carbamates (subject to hydrolysis) is 1. The Kier molecular flexibility index (Phi) is 7.44. The van der Waals surface area contributed by atoms with Crippen molar-refractivity contribution in [2.45, 2.75) is 62.6 Å². The molecule has 1 aromatic heterocycles. The number of amides is 2. The predicted octanol–water partition coefficient (Wildman–Crippen LogP) is 3.33. The molecule has 2 atom stereocenters. The lowest BCUT2D eigenvalue weighted by molar-refractivity contribution is 0.0966. The van der Waals surface area contributed by atoms with Gasteiger partial charge in [0, 0.05) is 24.5 Å². The lowest BCUT2D eigenvalue weighted by atomic mass is 10.1. The molecule has 2 aromatic rings. The van der Waals surface area contributed by atoms with E-state index in [1.54, 1.807) is 12.1 Å². The van der Waals surface area contributed by atoms with Gasteiger partial charge >= 0.3 is 6.09 Å². The minimum absolute atomic E-state index is 0.0363. The van der Waals surface area contributed by atoms with Crippen LogP contribution >= 0.6 is 0 Å². The van der Waals surface area contributed by atoms with Gasteiger partial charge in [0.15, 0.2) is 9.84 Å². The number of hydrogen-bond donors (Lipinski definition) is 4. The van der Waals surface area contributed by atoms with Crippen LogP contribution in [0.2, 0.25) is 0 Å². The average molecular weight is 502 g/mol. The molecule has 1 fully saturated rings. The number of sulfone groups is 1. The van der Waals surface area contributed by atoms with Crippen LogP contribution in [-0.2, 0) is 21.1 Å². The molecule has 35 heavy (non-hydrogen) atoms. The molecule has 10 nitrogen and oxygen atoms in total. The molecule has 2 aliphatic rings. The summed E-state index contributed by atoms with van der Waals surface area (Å²) in [6.45, 7) is 2.81. The molecule has 1 saturated carbocycles. The quantitative estimate of drug-likeness (QED) is 0.384. The van der Waals surface area contributed by atoms with Crippen LogP contribution in [0.5, 0.6) is 0 Å². The van der Waals surface area contributed by atoms with Gasteiger partial charge in [-0.25, -0.2) is 18.2 Å². The van der Waals surface area contributed by atoms with Gasteiger partial charge in [-0.1, -0.05) is 19.4 Å². The number of nitrogens with zero attached hydrogens (tertiary/aromatic N) is 1. The molecule has 1 aromatic carbocycles. The zero-order valence-electron chi connectivity index (χ0n) is 19.9. The Balaban J connectivity index is 1.53. The van der Waals surface area contributed by atoms with Crippen molar-refractivity contribution in [3.05, 3.63) is 41.5 Å². The first-order valence-electron chi connectivity index (χ1n) is 11.8. The van der Waals surface area contributed by atoms with Gasteiger partial charge in [0.2, 0.25) is 0 Å². The number of nitrogens with one attached hydrogen (secondary N) is 4. The summed E-state index contributed by atoms with van der Waals surface area (Å²) in [5.74, 6) is 0.670. The highest BCUT2D eigenvalue weighted by molar-refractivity contribution is 7.90. The summed E-state index contributed by atoms with van der Waals surface area (Å²) in [5.41, 5.74) is 1.73. The van der Waals surface area contributed by atoms with E-state index in [9.17, 15) is 18.0 Å². The molecule has 1 aliphatic carbocycles. The third-order valence-corrected chi connectivity index (χ3v) is 7.29. The summed E-state index contributed by atoms with van der Waals surface area (Å²) in [6, 6.07) is 8.08. The maximum absolute atomic E-state index is 12.5. The van der Waals surface area contributed by atoms with Gasteiger partial charge in [-0.15, -0.1) is 0 Å². The van der Waals surface area contributed by atoms with Gasteiger partial charge in [-0.3, -0.25) is 4.79 Å². The molecule has 1 aliphatic heterocycles. The Hall–Kier alpha value is -3.34. The number of unbranched alkanes of at least 4 members (excludes halogenated alkanes) is 1. The normalized spacial score (nSPS) is 19.1. The van der Waals surface area contributed by atoms with E-state index in [4.69, 9.17) is 4.74 Å². The van der Waals surface area contributed by atoms with Crippen LogP contribution in [0, 0.1) is 0 Å². The second-order valence-electron chi connectivity index (χ2n) is 8.92. The second kappa shape index (κ2) is 10.5. The van der Waals surface area contributed by atoms with E-state index >= 15 is 0 Å². The summed E-state index contributed by atoms with van der Waals surface area (Å²) in [5, 5.41) is 12.3. The highest BCUT2D eigenvalue weighted by atomic mass is 32.2. The van der Waals surface area contributed by atoms with Crippen LogP contribution < -0.4 is 21.3 Å². The van der Waals surface area contributed by atoms with Gasteiger partial charge in [-0.05, 0) is 55.5 Å². The molecular weight excluding hydrogens is 470 g/mol. The van der Waals surface area contributed by atoms with Crippen LogP contribution in [-0.4, -0.2) is 50.3 Å². The van der Waals surface area contributed by atoms with Crippen molar-refractivity contribution in [1.82, 2.24) is 15.6 Å². The average Bonchev–Trinajstić information content (AvgIpc) is 3.40. The summed E-state index contributed by atoms with van der Waals surface area (Å²) >= 11 is 0. The first kappa shape index (κ1) is 24.8. The van der Waals surface area contributed by atoms with Crippen LogP contribution in [0.25, 0.3) is 0 Å². The smallest absolute Gasteiger partial charge is 0.407 e. The van der Waals surface area contributed by atoms with Crippen molar-refractivity contribution in [1.29, 1.82) is 0 Å². The summed E-state index contributed by atoms with van der Waals surface area (Å²) in [6.07, 6.45) is 5.15. The van der Waals surface area contributed by atoms with Gasteiger partial charge in [0.25, 0.3) is 5.91 Å². The van der Waals surface area contributed by atoms with Gasteiger partial charge in [-0.2, -0.15) is 0 Å². The monoisotopic (exact) mass is 501 g/mol. The Bertz CT molecular complexity index is 1220. The van der Waals surface area contributed by atoms with Crippen molar-refractivity contribution in [3.63, 3.8) is 0 Å². The predicted molar refractivity (Wildman–Crippen MR) is 133 cm³/mol. The van der Waals surface area contributed by atoms with Crippen LogP contribution in [0.1, 0.15) is 54.9 Å². The van der Waals surface area contributed by atoms with E-state index < -0.39 is 15.9 Å². The first-order valence-corrected chi connectivity index (χ1v) is 13.7. The fourth-order valence-corrected chi connectivity index (χ4v) is 5.02. The molecule has 4 rings (SSSR count). The molecule has 2 amide bonds. The number of fused-ring (bicyclic) bond motifs is 1. The van der Waals surface area contributed by atoms with Gasteiger partial charge in [0.1, 0.15) is 11.6 Å². The number of ether oxygens (including phenoxy) is 1. The van der Waals surface area contributed by atoms with Crippen LogP contribution in [0.3, 0.4) is 0 Å². The minimum Gasteiger partial charge on any atom is -0.450 e. The topological polar surface area (TPSA) is 139 Å². The Morgan fingerprint density at radius 3 is 2.80 bits per heavy atom. The maximum Gasteiger partial charge on any atom is 0.407 e. The maximum atomic E-state index is 12.5. The molecule has 11 heteroatoms. The van der Waals surface area contributed by atoms with E-state index in [0.29, 0.717) is 36.0 Å². The number of benzene rings is 1. The molecule has 0 radical (unpaired) electrons. The fourth-order valence-electron chi connectivity index (χ4n) is 4.36. The largest absolute Gasteiger partial charge is 0.450 e. The molecule has 0 bridgehead atoms. The van der Waals surface area contributed by atoms with Gasteiger partial charge in [0.05, 0.1) is 23.1 Å². The molecule has 0 spiro atoms. The van der Waals surface area contributed by atoms with Crippen molar-refractivity contribution in [2.24, 2.45) is 0 Å². The highest BCUT2D eigenvalue weighted by Crippen LogP contribution is 2.31. The lowest BCUT2D eigenvalue weighted by Crippen LogP contribution is -2.43. The SMILES string of the molecule is CCCCOC(=O)N[C@H]1CCC[C@H]1Nc1cc2c(c(Nc3cccc(S(C)(=O)=O)c3)n1)C(=O)NC2. The number of carbonyl (C=O) groups excluding carboxylic acids is 2. The molecule has 2 heterocycles. The second-order valence-corrected chi connectivity index (χ2v) is 10.9. The van der Waals surface area contributed by atoms with Crippen LogP contribution in [0.15, 0.2) is 35.2 Å². The van der Waals surface area contributed by atoms with Crippen molar-refractivity contribution < 1.29 is 22.7 Å². The van der Waals surface area contributed by atoms with Crippen molar-refractivity contribution >= 4 is 39.2 Å². The summed E-state index contributed by atoms with van der Waals surface area (Å²) in [4.78, 5) is 29.4. The van der Waals surface area contributed by atoms with Gasteiger partial charge < -0.3 is 26.0 Å². The van der Waals surface area contributed by atoms with E-state index in [-0.39, 0.29) is 22.9 Å². The van der Waals surface area contributed by atoms with E-state index in [1.807, 2.05) is 13.0 Å². The lowest BCUT2D eigenvalue weighted by Gasteiger charge is -2.23. The fraction of sp³-hybridized carbons (Fsp3) is 0.458. The Morgan fingerprint density at radius 1 is 1.23 bits per heavy atom. The first-order chi connectivity index (χ1) is 16.7. The van der Waals surface area contributed by atoms with Crippen LogP contribution in [0.4, 0.5) is 22.1 Å². The Morgan fingerprint density at radius 2 is 2.03 bits per heavy atom. The molecule has 0 saturated heterocycles. The summed E-state index contributed by atoms with van der Waals surface area (Å²) < 4.78 is 29.1. The van der Waals surface area contributed by atoms with Crippen molar-refractivity contribution in [3.8, 4) is 0 Å². The van der Waals surface area contributed by atoms with E-state index in [1.165, 1.54) is 12.1 Å². The third-order valence-electron chi connectivity index (χ3n) is 6.18. The molecule has 4 N–H and O–H groups in total. The van der Waals surface area contributed by atoms with E-state index in [0.717, 1.165) is 43.9 Å². The third kappa shape index (κ3) is 6.02. The number of carbonyl (C=O) groups is 2.